The molecule has 15 heteroatoms. The van der Waals surface area contributed by atoms with Gasteiger partial charge in [0.25, 0.3) is 0 Å². The van der Waals surface area contributed by atoms with E-state index in [-0.39, 0.29) is 36.4 Å². The highest BCUT2D eigenvalue weighted by Crippen LogP contribution is 2.37. The molecule has 0 aliphatic rings. The minimum absolute atomic E-state index is 0.141. The molecule has 33 heavy (non-hydrogen) atoms. The lowest BCUT2D eigenvalue weighted by atomic mass is 10.1. The summed E-state index contributed by atoms with van der Waals surface area (Å²) in [6.45, 7) is 0. The molecule has 0 unspecified atom stereocenters. The van der Waals surface area contributed by atoms with Crippen LogP contribution in [-0.2, 0) is 33.6 Å². The van der Waals surface area contributed by atoms with E-state index in [1.54, 1.807) is 0 Å². The van der Waals surface area contributed by atoms with Crippen LogP contribution >= 0.6 is 0 Å². The van der Waals surface area contributed by atoms with Crippen molar-refractivity contribution in [1.29, 1.82) is 0 Å². The fourth-order valence-corrected chi connectivity index (χ4v) is 5.84. The van der Waals surface area contributed by atoms with Gasteiger partial charge in [0.05, 0.1) is 22.3 Å². The third-order valence-electron chi connectivity index (χ3n) is 4.51. The first kappa shape index (κ1) is 27.0. The molecule has 0 aromatic heterocycles. The zero-order valence-corrected chi connectivity index (χ0v) is 17.3. The van der Waals surface area contributed by atoms with Crippen molar-refractivity contribution < 1.29 is 61.5 Å². The van der Waals surface area contributed by atoms with Crippen LogP contribution in [0.4, 0.5) is 52.7 Å². The summed E-state index contributed by atoms with van der Waals surface area (Å²) in [4.78, 5) is 0. The van der Waals surface area contributed by atoms with Crippen LogP contribution in [0.15, 0.2) is 36.4 Å². The predicted molar refractivity (Wildman–Crippen MR) is 91.9 cm³/mol. The Hall–Kier alpha value is -2.26. The summed E-state index contributed by atoms with van der Waals surface area (Å²) in [6.07, 6.45) is -21.3. The van der Waals surface area contributed by atoms with Gasteiger partial charge in [-0.2, -0.15) is 52.7 Å². The highest BCUT2D eigenvalue weighted by Gasteiger charge is 2.48. The van der Waals surface area contributed by atoms with Crippen molar-refractivity contribution in [3.05, 3.63) is 58.7 Å². The number of rotatable bonds is 4. The van der Waals surface area contributed by atoms with E-state index >= 15 is 0 Å². The van der Waals surface area contributed by atoms with Gasteiger partial charge in [-0.15, -0.1) is 0 Å². The largest absolute Gasteiger partial charge is 0.416 e. The van der Waals surface area contributed by atoms with Crippen molar-refractivity contribution in [2.24, 2.45) is 0 Å². The monoisotopic (exact) mass is 516 g/mol. The Morgan fingerprint density at radius 1 is 0.455 bits per heavy atom. The fourth-order valence-electron chi connectivity index (χ4n) is 3.01. The van der Waals surface area contributed by atoms with E-state index in [9.17, 15) is 52.7 Å². The maximum absolute atomic E-state index is 13.2. The predicted octanol–water partition coefficient (Wildman–Crippen LogP) is 5.61. The smallest absolute Gasteiger partial charge is 0.391 e. The standard InChI is InChI=1S/C18H12F12O2Si/c1-31-33(32-2,13-5-9(15(19,20)21)3-10(6-13)16(22,23)24)14-7-11(17(25,26)27)4-12(8-14)18(28,29)30/h3-8H,1-2H3. The van der Waals surface area contributed by atoms with Crippen LogP contribution in [0.1, 0.15) is 22.3 Å². The van der Waals surface area contributed by atoms with Crippen LogP contribution in [0.3, 0.4) is 0 Å². The normalized spacial score (nSPS) is 14.0. The SMILES string of the molecule is CO[Si](OC)(c1cc(C(F)(F)F)cc(C(F)(F)F)c1)c1cc(C(F)(F)F)cc(C(F)(F)F)c1. The van der Waals surface area contributed by atoms with Gasteiger partial charge in [0.1, 0.15) is 0 Å². The Morgan fingerprint density at radius 2 is 0.667 bits per heavy atom. The average molecular weight is 516 g/mol. The fraction of sp³-hybridized carbons (Fsp3) is 0.333. The lowest BCUT2D eigenvalue weighted by Gasteiger charge is -2.30. The molecule has 0 bridgehead atoms. The first-order valence-electron chi connectivity index (χ1n) is 8.46. The van der Waals surface area contributed by atoms with E-state index in [1.165, 1.54) is 0 Å². The van der Waals surface area contributed by atoms with Gasteiger partial charge in [-0.05, 0) is 46.8 Å². The summed E-state index contributed by atoms with van der Waals surface area (Å²) in [7, 11) is -3.55. The van der Waals surface area contributed by atoms with Gasteiger partial charge < -0.3 is 8.85 Å². The van der Waals surface area contributed by atoms with Crippen molar-refractivity contribution in [2.45, 2.75) is 24.7 Å². The highest BCUT2D eigenvalue weighted by atomic mass is 28.4. The summed E-state index contributed by atoms with van der Waals surface area (Å²) >= 11 is 0. The molecule has 2 rings (SSSR count). The molecule has 0 spiro atoms. The number of benzene rings is 2. The van der Waals surface area contributed by atoms with Crippen LogP contribution in [0.5, 0.6) is 0 Å². The molecule has 0 atom stereocenters. The maximum Gasteiger partial charge on any atom is 0.416 e. The minimum Gasteiger partial charge on any atom is -0.391 e. The molecular formula is C18H12F12O2Si. The average Bonchev–Trinajstić information content (AvgIpc) is 2.66. The first-order valence-corrected chi connectivity index (χ1v) is 10.3. The molecule has 0 aliphatic heterocycles. The van der Waals surface area contributed by atoms with Gasteiger partial charge in [-0.1, -0.05) is 0 Å². The number of alkyl halides is 12. The van der Waals surface area contributed by atoms with Gasteiger partial charge >= 0.3 is 33.3 Å². The third kappa shape index (κ3) is 5.63. The quantitative estimate of drug-likeness (QED) is 0.389. The summed E-state index contributed by atoms with van der Waals surface area (Å²) < 4.78 is 169. The number of hydrogen-bond acceptors (Lipinski definition) is 2. The third-order valence-corrected chi connectivity index (χ3v) is 7.76. The lowest BCUT2D eigenvalue weighted by Crippen LogP contribution is -2.63. The van der Waals surface area contributed by atoms with E-state index in [2.05, 4.69) is 0 Å². The Balaban J connectivity index is 2.97. The number of halogens is 12. The zero-order valence-electron chi connectivity index (χ0n) is 16.3. The van der Waals surface area contributed by atoms with Crippen LogP contribution in [0.25, 0.3) is 0 Å². The second-order valence-corrected chi connectivity index (χ2v) is 9.82. The molecule has 0 fully saturated rings. The number of hydrogen-bond donors (Lipinski definition) is 0. The molecule has 184 valence electrons. The molecule has 0 N–H and O–H groups in total. The van der Waals surface area contributed by atoms with Gasteiger partial charge in [0.15, 0.2) is 0 Å². The van der Waals surface area contributed by atoms with Crippen molar-refractivity contribution in [3.63, 3.8) is 0 Å². The molecule has 2 nitrogen and oxygen atoms in total. The van der Waals surface area contributed by atoms with Gasteiger partial charge in [-0.3, -0.25) is 0 Å². The van der Waals surface area contributed by atoms with Crippen molar-refractivity contribution in [1.82, 2.24) is 0 Å². The van der Waals surface area contributed by atoms with Crippen molar-refractivity contribution in [3.8, 4) is 0 Å². The van der Waals surface area contributed by atoms with E-state index in [4.69, 9.17) is 8.85 Å². The summed E-state index contributed by atoms with van der Waals surface area (Å²) in [5, 5.41) is -2.00. The molecule has 2 aromatic rings. The van der Waals surface area contributed by atoms with Crippen LogP contribution < -0.4 is 10.4 Å². The molecule has 0 amide bonds. The van der Waals surface area contributed by atoms with Gasteiger partial charge in [-0.25, -0.2) is 0 Å². The van der Waals surface area contributed by atoms with Crippen molar-refractivity contribution in [2.75, 3.05) is 14.2 Å². The maximum atomic E-state index is 13.2. The minimum atomic E-state index is -5.33. The molecular weight excluding hydrogens is 504 g/mol. The van der Waals surface area contributed by atoms with E-state index in [0.717, 1.165) is 0 Å². The second-order valence-electron chi connectivity index (χ2n) is 6.61. The molecule has 0 radical (unpaired) electrons. The van der Waals surface area contributed by atoms with Gasteiger partial charge in [0, 0.05) is 14.2 Å². The molecule has 0 heterocycles. The Kier molecular flexibility index (Phi) is 6.95. The van der Waals surface area contributed by atoms with E-state index in [1.807, 2.05) is 0 Å². The summed E-state index contributed by atoms with van der Waals surface area (Å²) in [6, 6.07) is 0.0659. The summed E-state index contributed by atoms with van der Waals surface area (Å²) in [5.41, 5.74) is -7.38. The van der Waals surface area contributed by atoms with Crippen molar-refractivity contribution >= 4 is 18.9 Å². The molecule has 0 saturated heterocycles. The molecule has 0 saturated carbocycles. The summed E-state index contributed by atoms with van der Waals surface area (Å²) in [5.74, 6) is 0. The van der Waals surface area contributed by atoms with Crippen LogP contribution in [0.2, 0.25) is 0 Å². The lowest BCUT2D eigenvalue weighted by molar-refractivity contribution is -0.144. The Labute approximate surface area is 179 Å². The molecule has 0 aliphatic carbocycles. The Morgan fingerprint density at radius 3 is 0.818 bits per heavy atom. The second kappa shape index (κ2) is 8.50. The molecule has 2 aromatic carbocycles. The highest BCUT2D eigenvalue weighted by molar-refractivity contribution is 6.92. The Bertz CT molecular complexity index is 859. The van der Waals surface area contributed by atoms with E-state index < -0.39 is 65.9 Å². The first-order chi connectivity index (χ1) is 14.8. The topological polar surface area (TPSA) is 18.5 Å². The van der Waals surface area contributed by atoms with Crippen LogP contribution in [0, 0.1) is 0 Å². The zero-order chi connectivity index (χ0) is 25.6. The van der Waals surface area contributed by atoms with Crippen LogP contribution in [-0.4, -0.2) is 22.8 Å². The van der Waals surface area contributed by atoms with Gasteiger partial charge in [0.2, 0.25) is 0 Å². The van der Waals surface area contributed by atoms with E-state index in [0.29, 0.717) is 14.2 Å².